The topological polar surface area (TPSA) is 88.9 Å². The van der Waals surface area contributed by atoms with E-state index in [4.69, 9.17) is 4.74 Å². The van der Waals surface area contributed by atoms with Gasteiger partial charge in [0.1, 0.15) is 0 Å². The minimum Gasteiger partial charge on any atom is -0.377 e. The summed E-state index contributed by atoms with van der Waals surface area (Å²) in [5, 5.41) is 13.6. The largest absolute Gasteiger partial charge is 0.377 e. The van der Waals surface area contributed by atoms with Crippen molar-refractivity contribution in [3.63, 3.8) is 0 Å². The zero-order valence-electron chi connectivity index (χ0n) is 19.8. The molecule has 1 N–H and O–H groups in total. The van der Waals surface area contributed by atoms with Crippen LogP contribution >= 0.6 is 0 Å². The summed E-state index contributed by atoms with van der Waals surface area (Å²) in [4.78, 5) is 18.3. The summed E-state index contributed by atoms with van der Waals surface area (Å²) in [6.07, 6.45) is 3.20. The lowest BCUT2D eigenvalue weighted by molar-refractivity contribution is 0.0655. The number of tetrazole rings is 1. The Morgan fingerprint density at radius 3 is 2.78 bits per heavy atom. The quantitative estimate of drug-likeness (QED) is 0.579. The van der Waals surface area contributed by atoms with E-state index in [0.29, 0.717) is 13.1 Å². The molecule has 4 rings (SSSR count). The summed E-state index contributed by atoms with van der Waals surface area (Å²) in [6, 6.07) is 6.21. The normalized spacial score (nSPS) is 17.0. The zero-order valence-corrected chi connectivity index (χ0v) is 19.8. The number of H-pyrrole nitrogens is 1. The maximum Gasteiger partial charge on any atom is 0.252 e. The van der Waals surface area contributed by atoms with E-state index in [1.807, 2.05) is 23.7 Å². The van der Waals surface area contributed by atoms with Gasteiger partial charge in [-0.05, 0) is 80.6 Å². The fourth-order valence-electron chi connectivity index (χ4n) is 4.46. The van der Waals surface area contributed by atoms with Crippen LogP contribution in [0.4, 0.5) is 0 Å². The SMILES string of the molecule is CCC(C)(C)n1nnnc1CN(Cc1cc2c(C)cc(C)cc2[nH]c1=O)C[C@@H]1CCCO1. The first kappa shape index (κ1) is 22.6. The van der Waals surface area contributed by atoms with Gasteiger partial charge in [0.05, 0.1) is 18.2 Å². The zero-order chi connectivity index (χ0) is 22.9. The molecule has 1 aromatic carbocycles. The second kappa shape index (κ2) is 9.11. The molecule has 0 aliphatic carbocycles. The van der Waals surface area contributed by atoms with Crippen molar-refractivity contribution < 1.29 is 4.74 Å². The number of benzene rings is 1. The summed E-state index contributed by atoms with van der Waals surface area (Å²) < 4.78 is 7.82. The molecule has 1 saturated heterocycles. The number of nitrogens with zero attached hydrogens (tertiary/aromatic N) is 5. The van der Waals surface area contributed by atoms with Gasteiger partial charge in [0.2, 0.25) is 0 Å². The van der Waals surface area contributed by atoms with Crippen LogP contribution in [-0.4, -0.2) is 49.3 Å². The van der Waals surface area contributed by atoms with Crippen LogP contribution in [0.3, 0.4) is 0 Å². The van der Waals surface area contributed by atoms with E-state index in [1.54, 1.807) is 0 Å². The van der Waals surface area contributed by atoms with Gasteiger partial charge in [-0.1, -0.05) is 13.0 Å². The van der Waals surface area contributed by atoms with Crippen LogP contribution < -0.4 is 5.56 Å². The van der Waals surface area contributed by atoms with E-state index in [2.05, 4.69) is 59.2 Å². The third kappa shape index (κ3) is 4.76. The molecule has 3 heterocycles. The number of hydrogen-bond donors (Lipinski definition) is 1. The van der Waals surface area contributed by atoms with E-state index in [0.717, 1.165) is 65.8 Å². The minimum absolute atomic E-state index is 0.0479. The number of aryl methyl sites for hydroxylation is 2. The molecule has 2 aromatic heterocycles. The second-order valence-electron chi connectivity index (χ2n) is 9.64. The van der Waals surface area contributed by atoms with E-state index in [-0.39, 0.29) is 17.2 Å². The van der Waals surface area contributed by atoms with Crippen LogP contribution in [-0.2, 0) is 23.4 Å². The Morgan fingerprint density at radius 2 is 2.06 bits per heavy atom. The lowest BCUT2D eigenvalue weighted by Gasteiger charge is -2.28. The van der Waals surface area contributed by atoms with Crippen molar-refractivity contribution in [2.24, 2.45) is 0 Å². The summed E-state index contributed by atoms with van der Waals surface area (Å²) in [7, 11) is 0. The molecule has 0 amide bonds. The Labute approximate surface area is 189 Å². The maximum absolute atomic E-state index is 12.9. The number of aromatic amines is 1. The molecule has 1 fully saturated rings. The number of rotatable bonds is 8. The first-order valence-electron chi connectivity index (χ1n) is 11.5. The molecular formula is C24H34N6O2. The highest BCUT2D eigenvalue weighted by Crippen LogP contribution is 2.23. The predicted molar refractivity (Wildman–Crippen MR) is 125 cm³/mol. The van der Waals surface area contributed by atoms with Crippen molar-refractivity contribution in [3.8, 4) is 0 Å². The van der Waals surface area contributed by atoms with E-state index < -0.39 is 0 Å². The molecule has 3 aromatic rings. The molecule has 32 heavy (non-hydrogen) atoms. The lowest BCUT2D eigenvalue weighted by atomic mass is 10.0. The molecule has 0 radical (unpaired) electrons. The molecule has 8 nitrogen and oxygen atoms in total. The van der Waals surface area contributed by atoms with Crippen molar-refractivity contribution in [1.29, 1.82) is 0 Å². The molecule has 0 bridgehead atoms. The highest BCUT2D eigenvalue weighted by molar-refractivity contribution is 5.83. The summed E-state index contributed by atoms with van der Waals surface area (Å²) in [5.41, 5.74) is 3.71. The van der Waals surface area contributed by atoms with Crippen LogP contribution in [0.5, 0.6) is 0 Å². The Balaban J connectivity index is 1.65. The van der Waals surface area contributed by atoms with Gasteiger partial charge in [0.15, 0.2) is 5.82 Å². The van der Waals surface area contributed by atoms with E-state index in [9.17, 15) is 4.79 Å². The first-order valence-corrected chi connectivity index (χ1v) is 11.5. The van der Waals surface area contributed by atoms with Crippen LogP contribution in [0, 0.1) is 13.8 Å². The smallest absolute Gasteiger partial charge is 0.252 e. The monoisotopic (exact) mass is 438 g/mol. The Hall–Kier alpha value is -2.58. The van der Waals surface area contributed by atoms with Crippen molar-refractivity contribution in [3.05, 3.63) is 51.1 Å². The molecule has 1 atom stereocenters. The van der Waals surface area contributed by atoms with Crippen LogP contribution in [0.2, 0.25) is 0 Å². The van der Waals surface area contributed by atoms with Crippen LogP contribution in [0.15, 0.2) is 23.0 Å². The average molecular weight is 439 g/mol. The molecule has 0 saturated carbocycles. The van der Waals surface area contributed by atoms with E-state index in [1.165, 1.54) is 0 Å². The molecule has 172 valence electrons. The number of ether oxygens (including phenoxy) is 1. The summed E-state index contributed by atoms with van der Waals surface area (Å²) in [5.74, 6) is 0.805. The Morgan fingerprint density at radius 1 is 1.25 bits per heavy atom. The van der Waals surface area contributed by atoms with Crippen molar-refractivity contribution >= 4 is 10.9 Å². The molecule has 8 heteroatoms. The average Bonchev–Trinajstić information content (AvgIpc) is 3.41. The van der Waals surface area contributed by atoms with Crippen molar-refractivity contribution in [2.45, 2.75) is 78.6 Å². The van der Waals surface area contributed by atoms with Gasteiger partial charge in [0.25, 0.3) is 5.56 Å². The lowest BCUT2D eigenvalue weighted by Crippen LogP contribution is -2.36. The number of fused-ring (bicyclic) bond motifs is 1. The van der Waals surface area contributed by atoms with Gasteiger partial charge in [-0.2, -0.15) is 0 Å². The van der Waals surface area contributed by atoms with Gasteiger partial charge >= 0.3 is 0 Å². The number of pyridine rings is 1. The second-order valence-corrected chi connectivity index (χ2v) is 9.64. The highest BCUT2D eigenvalue weighted by Gasteiger charge is 2.26. The summed E-state index contributed by atoms with van der Waals surface area (Å²) >= 11 is 0. The Kier molecular flexibility index (Phi) is 6.44. The molecule has 1 aliphatic rings. The van der Waals surface area contributed by atoms with Crippen molar-refractivity contribution in [2.75, 3.05) is 13.2 Å². The van der Waals surface area contributed by atoms with Gasteiger partial charge in [-0.25, -0.2) is 4.68 Å². The standard InChI is InChI=1S/C24H34N6O2/c1-6-24(4,5)30-22(26-27-28-30)15-29(14-19-8-7-9-32-19)13-18-12-20-17(3)10-16(2)11-21(20)25-23(18)31/h10-12,19H,6-9,13-15H2,1-5H3,(H,25,31)/t19-/m0/s1. The van der Waals surface area contributed by atoms with Crippen LogP contribution in [0.1, 0.15) is 62.5 Å². The van der Waals surface area contributed by atoms with Gasteiger partial charge in [0, 0.05) is 36.2 Å². The third-order valence-electron chi connectivity index (χ3n) is 6.61. The number of hydrogen-bond acceptors (Lipinski definition) is 6. The van der Waals surface area contributed by atoms with Gasteiger partial charge in [-0.15, -0.1) is 5.10 Å². The fraction of sp³-hybridized carbons (Fsp3) is 0.583. The van der Waals surface area contributed by atoms with E-state index >= 15 is 0 Å². The number of aromatic nitrogens is 5. The molecule has 0 spiro atoms. The minimum atomic E-state index is -0.177. The maximum atomic E-state index is 12.9. The number of nitrogens with one attached hydrogen (secondary N) is 1. The van der Waals surface area contributed by atoms with Gasteiger partial charge < -0.3 is 9.72 Å². The van der Waals surface area contributed by atoms with Crippen LogP contribution in [0.25, 0.3) is 10.9 Å². The highest BCUT2D eigenvalue weighted by atomic mass is 16.5. The molecular weight excluding hydrogens is 404 g/mol. The summed E-state index contributed by atoms with van der Waals surface area (Å²) in [6.45, 7) is 13.1. The first-order chi connectivity index (χ1) is 15.3. The molecule has 1 aliphatic heterocycles. The van der Waals surface area contributed by atoms with Gasteiger partial charge in [-0.3, -0.25) is 9.69 Å². The third-order valence-corrected chi connectivity index (χ3v) is 6.61. The predicted octanol–water partition coefficient (Wildman–Crippen LogP) is 3.46. The van der Waals surface area contributed by atoms with Crippen molar-refractivity contribution in [1.82, 2.24) is 30.1 Å². The Bertz CT molecular complexity index is 1140. The molecule has 0 unspecified atom stereocenters. The fourth-order valence-corrected chi connectivity index (χ4v) is 4.46.